The van der Waals surface area contributed by atoms with Crippen molar-refractivity contribution in [3.05, 3.63) is 48.6 Å². The van der Waals surface area contributed by atoms with Gasteiger partial charge in [-0.15, -0.1) is 6.58 Å². The number of amides is 2. The Morgan fingerprint density at radius 1 is 1.35 bits per heavy atom. The molecule has 1 spiro atoms. The first kappa shape index (κ1) is 24.4. The topological polar surface area (TPSA) is 96.4 Å². The van der Waals surface area contributed by atoms with E-state index in [-0.39, 0.29) is 25.0 Å². The molecule has 4 rings (SSSR count). The van der Waals surface area contributed by atoms with Gasteiger partial charge in [0, 0.05) is 13.1 Å². The van der Waals surface area contributed by atoms with E-state index >= 15 is 0 Å². The quantitative estimate of drug-likeness (QED) is 0.415. The van der Waals surface area contributed by atoms with Crippen LogP contribution >= 0.6 is 0 Å². The number of ether oxygens (including phenoxy) is 2. The second kappa shape index (κ2) is 9.88. The lowest BCUT2D eigenvalue weighted by molar-refractivity contribution is -0.156. The van der Waals surface area contributed by atoms with E-state index in [0.29, 0.717) is 32.4 Å². The summed E-state index contributed by atoms with van der Waals surface area (Å²) in [7, 11) is 0. The van der Waals surface area contributed by atoms with Crippen LogP contribution in [-0.4, -0.2) is 76.2 Å². The second-order valence-corrected chi connectivity index (χ2v) is 9.29. The van der Waals surface area contributed by atoms with Gasteiger partial charge in [0.25, 0.3) is 0 Å². The third-order valence-electron chi connectivity index (χ3n) is 7.48. The zero-order valence-electron chi connectivity index (χ0n) is 19.9. The van der Waals surface area contributed by atoms with Crippen LogP contribution in [0.25, 0.3) is 0 Å². The maximum absolute atomic E-state index is 14.2. The van der Waals surface area contributed by atoms with Crippen molar-refractivity contribution in [3.63, 3.8) is 0 Å². The van der Waals surface area contributed by atoms with Crippen LogP contribution in [-0.2, 0) is 30.4 Å². The molecule has 6 atom stereocenters. The molecule has 3 saturated heterocycles. The van der Waals surface area contributed by atoms with Crippen LogP contribution in [0.1, 0.15) is 38.7 Å². The second-order valence-electron chi connectivity index (χ2n) is 9.29. The predicted octanol–water partition coefficient (Wildman–Crippen LogP) is 1.91. The number of hydrogen-bond acceptors (Lipinski definition) is 6. The number of nitrogens with zero attached hydrogens (tertiary/aromatic N) is 2. The molecule has 3 heterocycles. The molecular weight excluding hydrogens is 436 g/mol. The highest BCUT2D eigenvalue weighted by atomic mass is 16.6. The van der Waals surface area contributed by atoms with Gasteiger partial charge in [0.15, 0.2) is 0 Å². The Balaban J connectivity index is 1.75. The maximum Gasteiger partial charge on any atom is 0.312 e. The largest absolute Gasteiger partial charge is 0.466 e. The number of likely N-dealkylation sites (tertiary alicyclic amines) is 1. The van der Waals surface area contributed by atoms with Crippen molar-refractivity contribution in [2.24, 2.45) is 11.8 Å². The van der Waals surface area contributed by atoms with Gasteiger partial charge in [0.2, 0.25) is 11.8 Å². The molecule has 3 fully saturated rings. The summed E-state index contributed by atoms with van der Waals surface area (Å²) in [6.07, 6.45) is 2.78. The molecule has 1 N–H and O–H groups in total. The highest BCUT2D eigenvalue weighted by molar-refractivity contribution is 5.98. The predicted molar refractivity (Wildman–Crippen MR) is 124 cm³/mol. The van der Waals surface area contributed by atoms with E-state index in [1.807, 2.05) is 37.3 Å². The van der Waals surface area contributed by atoms with E-state index in [0.717, 1.165) is 5.56 Å². The molecule has 0 radical (unpaired) electrons. The molecule has 0 aliphatic carbocycles. The first-order valence-electron chi connectivity index (χ1n) is 12.1. The summed E-state index contributed by atoms with van der Waals surface area (Å²) in [6, 6.07) is 8.16. The minimum Gasteiger partial charge on any atom is -0.466 e. The van der Waals surface area contributed by atoms with Gasteiger partial charge >= 0.3 is 5.97 Å². The average molecular weight is 471 g/mol. The van der Waals surface area contributed by atoms with Gasteiger partial charge in [0.1, 0.15) is 11.6 Å². The number of aliphatic hydroxyl groups is 1. The van der Waals surface area contributed by atoms with E-state index in [9.17, 15) is 19.5 Å². The van der Waals surface area contributed by atoms with Crippen molar-refractivity contribution < 1.29 is 29.0 Å². The molecule has 1 aromatic rings. The van der Waals surface area contributed by atoms with Gasteiger partial charge in [-0.05, 0) is 31.7 Å². The summed E-state index contributed by atoms with van der Waals surface area (Å²) < 4.78 is 11.7. The van der Waals surface area contributed by atoms with Gasteiger partial charge < -0.3 is 24.4 Å². The van der Waals surface area contributed by atoms with Crippen LogP contribution in [0.4, 0.5) is 0 Å². The normalized spacial score (nSPS) is 30.2. The molecule has 3 aliphatic rings. The summed E-state index contributed by atoms with van der Waals surface area (Å²) in [4.78, 5) is 44.0. The van der Waals surface area contributed by atoms with Gasteiger partial charge in [-0.1, -0.05) is 43.3 Å². The Hall–Kier alpha value is -2.71. The lowest BCUT2D eigenvalue weighted by atomic mass is 9.70. The number of rotatable bonds is 10. The monoisotopic (exact) mass is 470 g/mol. The molecule has 34 heavy (non-hydrogen) atoms. The standard InChI is InChI=1S/C26H34N2O6/c1-4-14-27(15-17-10-8-7-9-11-17)24(31)22-26-13-12-19(34-26)20(25(32)33-6-3)21(26)23(30)28(22)18(5-2)16-29/h4,7-11,18-22,29H,1,5-6,12-16H2,2-3H3/t18-,19+,20-,21-,22?,26?/m0/s1. The third kappa shape index (κ3) is 3.82. The highest BCUT2D eigenvalue weighted by Gasteiger charge is 2.75. The number of hydrogen-bond donors (Lipinski definition) is 1. The minimum atomic E-state index is -1.10. The fraction of sp³-hybridized carbons (Fsp3) is 0.577. The summed E-state index contributed by atoms with van der Waals surface area (Å²) in [5.74, 6) is -2.54. The van der Waals surface area contributed by atoms with Crippen LogP contribution in [0, 0.1) is 11.8 Å². The summed E-state index contributed by atoms with van der Waals surface area (Å²) in [6.45, 7) is 8.00. The van der Waals surface area contributed by atoms with Crippen molar-refractivity contribution in [2.75, 3.05) is 19.8 Å². The van der Waals surface area contributed by atoms with E-state index in [1.54, 1.807) is 17.9 Å². The van der Waals surface area contributed by atoms with E-state index in [2.05, 4.69) is 6.58 Å². The number of benzene rings is 1. The molecule has 184 valence electrons. The van der Waals surface area contributed by atoms with Gasteiger partial charge in [-0.2, -0.15) is 0 Å². The van der Waals surface area contributed by atoms with E-state index < -0.39 is 41.6 Å². The fourth-order valence-corrected chi connectivity index (χ4v) is 6.05. The zero-order chi connectivity index (χ0) is 24.5. The van der Waals surface area contributed by atoms with Gasteiger partial charge in [-0.3, -0.25) is 14.4 Å². The molecule has 3 aliphatic heterocycles. The summed E-state index contributed by atoms with van der Waals surface area (Å²) in [5.41, 5.74) is -0.146. The lowest BCUT2D eigenvalue weighted by Crippen LogP contribution is -2.58. The molecular formula is C26H34N2O6. The Labute approximate surface area is 200 Å². The molecule has 1 aromatic carbocycles. The van der Waals surface area contributed by atoms with Crippen LogP contribution in [0.2, 0.25) is 0 Å². The summed E-state index contributed by atoms with van der Waals surface area (Å²) in [5, 5.41) is 10.1. The smallest absolute Gasteiger partial charge is 0.312 e. The molecule has 0 saturated carbocycles. The Morgan fingerprint density at radius 2 is 2.09 bits per heavy atom. The SMILES string of the molecule is C=CCN(Cc1ccccc1)C(=O)C1N([C@@H](CC)CO)C(=O)[C@@H]2[C@@H](C(=O)OCC)[C@H]3CCC12O3. The molecule has 2 unspecified atom stereocenters. The van der Waals surface area contributed by atoms with Crippen LogP contribution < -0.4 is 0 Å². The number of aliphatic hydroxyl groups excluding tert-OH is 1. The highest BCUT2D eigenvalue weighted by Crippen LogP contribution is 2.59. The first-order valence-corrected chi connectivity index (χ1v) is 12.1. The molecule has 8 heteroatoms. The first-order chi connectivity index (χ1) is 16.4. The van der Waals surface area contributed by atoms with Crippen molar-refractivity contribution in [1.29, 1.82) is 0 Å². The van der Waals surface area contributed by atoms with Crippen molar-refractivity contribution in [2.45, 2.75) is 63.4 Å². The van der Waals surface area contributed by atoms with Crippen molar-refractivity contribution in [3.8, 4) is 0 Å². The van der Waals surface area contributed by atoms with Crippen LogP contribution in [0.3, 0.4) is 0 Å². The number of fused-ring (bicyclic) bond motifs is 1. The van der Waals surface area contributed by atoms with E-state index in [1.165, 1.54) is 4.90 Å². The Kier molecular flexibility index (Phi) is 7.09. The van der Waals surface area contributed by atoms with Gasteiger partial charge in [-0.25, -0.2) is 0 Å². The maximum atomic E-state index is 14.2. The average Bonchev–Trinajstić information content (AvgIpc) is 3.48. The molecule has 8 nitrogen and oxygen atoms in total. The number of carbonyl (C=O) groups is 3. The molecule has 0 aromatic heterocycles. The van der Waals surface area contributed by atoms with Gasteiger partial charge in [0.05, 0.1) is 37.2 Å². The summed E-state index contributed by atoms with van der Waals surface area (Å²) >= 11 is 0. The van der Waals surface area contributed by atoms with Crippen LogP contribution in [0.15, 0.2) is 43.0 Å². The zero-order valence-corrected chi connectivity index (χ0v) is 19.9. The van der Waals surface area contributed by atoms with Crippen molar-refractivity contribution >= 4 is 17.8 Å². The molecule has 2 bridgehead atoms. The molecule has 2 amide bonds. The Morgan fingerprint density at radius 3 is 2.71 bits per heavy atom. The van der Waals surface area contributed by atoms with Crippen molar-refractivity contribution in [1.82, 2.24) is 9.80 Å². The van der Waals surface area contributed by atoms with Crippen LogP contribution in [0.5, 0.6) is 0 Å². The van der Waals surface area contributed by atoms with E-state index in [4.69, 9.17) is 9.47 Å². The lowest BCUT2D eigenvalue weighted by Gasteiger charge is -2.39. The Bertz CT molecular complexity index is 932. The minimum absolute atomic E-state index is 0.209. The fourth-order valence-electron chi connectivity index (χ4n) is 6.05. The number of esters is 1. The number of carbonyl (C=O) groups excluding carboxylic acids is 3. The third-order valence-corrected chi connectivity index (χ3v) is 7.48.